The van der Waals surface area contributed by atoms with E-state index in [0.29, 0.717) is 27.5 Å². The number of hydrogen-bond acceptors (Lipinski definition) is 3. The molecule has 0 amide bonds. The Morgan fingerprint density at radius 2 is 1.90 bits per heavy atom. The highest BCUT2D eigenvalue weighted by molar-refractivity contribution is 6.32. The molecular formula is C21H17ClFN3O3. The number of para-hydroxylation sites is 1. The van der Waals surface area contributed by atoms with Gasteiger partial charge in [-0.15, -0.1) is 0 Å². The molecule has 0 aliphatic rings. The van der Waals surface area contributed by atoms with Crippen LogP contribution in [-0.2, 0) is 11.3 Å². The third kappa shape index (κ3) is 3.39. The summed E-state index contributed by atoms with van der Waals surface area (Å²) in [5.41, 5.74) is 0.825. The molecule has 0 atom stereocenters. The molecular weight excluding hydrogens is 397 g/mol. The average Bonchev–Trinajstić information content (AvgIpc) is 3.02. The van der Waals surface area contributed by atoms with Crippen LogP contribution in [-0.4, -0.2) is 28.1 Å². The fourth-order valence-electron chi connectivity index (χ4n) is 3.38. The molecule has 0 aliphatic carbocycles. The molecule has 29 heavy (non-hydrogen) atoms. The highest BCUT2D eigenvalue weighted by Gasteiger charge is 2.20. The fraction of sp³-hybridized carbons (Fsp3) is 0.143. The molecule has 148 valence electrons. The maximum Gasteiger partial charge on any atom is 0.281 e. The van der Waals surface area contributed by atoms with E-state index < -0.39 is 11.4 Å². The first-order chi connectivity index (χ1) is 14.0. The van der Waals surface area contributed by atoms with Crippen molar-refractivity contribution in [3.8, 4) is 16.9 Å². The van der Waals surface area contributed by atoms with Crippen LogP contribution in [0.1, 0.15) is 0 Å². The van der Waals surface area contributed by atoms with E-state index in [1.807, 2.05) is 0 Å². The van der Waals surface area contributed by atoms with Gasteiger partial charge in [0.05, 0.1) is 33.9 Å². The number of ether oxygens (including phenoxy) is 1. The highest BCUT2D eigenvalue weighted by Crippen LogP contribution is 2.27. The first-order valence-corrected chi connectivity index (χ1v) is 9.27. The van der Waals surface area contributed by atoms with Crippen molar-refractivity contribution in [1.82, 2.24) is 14.3 Å². The fourth-order valence-corrected chi connectivity index (χ4v) is 3.60. The minimum atomic E-state index is -0.466. The van der Waals surface area contributed by atoms with E-state index in [2.05, 4.69) is 5.10 Å². The number of aromatic amines is 1. The second-order valence-corrected chi connectivity index (χ2v) is 6.89. The molecule has 0 radical (unpaired) electrons. The van der Waals surface area contributed by atoms with Gasteiger partial charge in [0.15, 0.2) is 0 Å². The third-order valence-corrected chi connectivity index (χ3v) is 4.99. The van der Waals surface area contributed by atoms with Crippen LogP contribution in [0.2, 0.25) is 5.02 Å². The van der Waals surface area contributed by atoms with Crippen molar-refractivity contribution in [3.63, 3.8) is 0 Å². The van der Waals surface area contributed by atoms with Gasteiger partial charge in [0, 0.05) is 25.3 Å². The second kappa shape index (κ2) is 7.69. The predicted octanol–water partition coefficient (Wildman–Crippen LogP) is 3.59. The molecule has 2 aromatic heterocycles. The van der Waals surface area contributed by atoms with Crippen LogP contribution in [0.4, 0.5) is 4.39 Å². The maximum atomic E-state index is 13.9. The smallest absolute Gasteiger partial charge is 0.281 e. The van der Waals surface area contributed by atoms with Crippen molar-refractivity contribution in [2.24, 2.45) is 0 Å². The second-order valence-electron chi connectivity index (χ2n) is 6.48. The Balaban J connectivity index is 2.10. The lowest BCUT2D eigenvalue weighted by Crippen LogP contribution is -2.24. The standard InChI is InChI=1S/C21H17ClFN3O3/c1-29-10-9-25-18(27)12-16-19(20(25)13-5-4-6-14(23)11-13)21(28)26(24-16)17-8-3-2-7-15(17)22/h2-8,11-12,24H,9-10H2,1H3. The zero-order valence-electron chi connectivity index (χ0n) is 15.5. The van der Waals surface area contributed by atoms with E-state index in [0.717, 1.165) is 0 Å². The summed E-state index contributed by atoms with van der Waals surface area (Å²) >= 11 is 6.25. The Labute approximate surface area is 169 Å². The number of nitrogens with one attached hydrogen (secondary N) is 1. The van der Waals surface area contributed by atoms with E-state index in [1.54, 1.807) is 30.3 Å². The normalized spacial score (nSPS) is 11.3. The summed E-state index contributed by atoms with van der Waals surface area (Å²) < 4.78 is 21.8. The number of fused-ring (bicyclic) bond motifs is 1. The van der Waals surface area contributed by atoms with Gasteiger partial charge in [-0.3, -0.25) is 14.7 Å². The zero-order valence-corrected chi connectivity index (χ0v) is 16.2. The van der Waals surface area contributed by atoms with Crippen molar-refractivity contribution in [3.05, 3.63) is 86.1 Å². The number of hydrogen-bond donors (Lipinski definition) is 1. The molecule has 8 heteroatoms. The summed E-state index contributed by atoms with van der Waals surface area (Å²) in [6, 6.07) is 14.0. The van der Waals surface area contributed by atoms with Gasteiger partial charge in [0.2, 0.25) is 0 Å². The number of pyridine rings is 1. The maximum absolute atomic E-state index is 13.9. The lowest BCUT2D eigenvalue weighted by atomic mass is 10.1. The molecule has 6 nitrogen and oxygen atoms in total. The first-order valence-electron chi connectivity index (χ1n) is 8.89. The summed E-state index contributed by atoms with van der Waals surface area (Å²) in [5, 5.41) is 3.60. The molecule has 0 unspecified atom stereocenters. The van der Waals surface area contributed by atoms with Crippen molar-refractivity contribution < 1.29 is 9.13 Å². The van der Waals surface area contributed by atoms with Crippen LogP contribution in [0.15, 0.2) is 64.2 Å². The summed E-state index contributed by atoms with van der Waals surface area (Å²) in [6.07, 6.45) is 0. The predicted molar refractivity (Wildman–Crippen MR) is 110 cm³/mol. The zero-order chi connectivity index (χ0) is 20.5. The van der Waals surface area contributed by atoms with E-state index in [1.165, 1.54) is 40.6 Å². The Morgan fingerprint density at radius 3 is 2.62 bits per heavy atom. The minimum Gasteiger partial charge on any atom is -0.383 e. The first kappa shape index (κ1) is 19.2. The van der Waals surface area contributed by atoms with Gasteiger partial charge in [-0.1, -0.05) is 35.9 Å². The third-order valence-electron chi connectivity index (χ3n) is 4.67. The van der Waals surface area contributed by atoms with Crippen LogP contribution < -0.4 is 11.1 Å². The Hall–Kier alpha value is -3.16. The minimum absolute atomic E-state index is 0.216. The van der Waals surface area contributed by atoms with Gasteiger partial charge in [-0.25, -0.2) is 9.07 Å². The lowest BCUT2D eigenvalue weighted by Gasteiger charge is -2.13. The van der Waals surface area contributed by atoms with Gasteiger partial charge in [0.25, 0.3) is 11.1 Å². The van der Waals surface area contributed by atoms with E-state index >= 15 is 0 Å². The molecule has 1 N–H and O–H groups in total. The van der Waals surface area contributed by atoms with Crippen molar-refractivity contribution in [2.75, 3.05) is 13.7 Å². The average molecular weight is 414 g/mol. The number of aromatic nitrogens is 3. The van der Waals surface area contributed by atoms with Crippen LogP contribution in [0.25, 0.3) is 27.8 Å². The van der Waals surface area contributed by atoms with Gasteiger partial charge in [-0.05, 0) is 24.3 Å². The van der Waals surface area contributed by atoms with Gasteiger partial charge in [0.1, 0.15) is 5.82 Å². The number of halogens is 2. The molecule has 2 heterocycles. The molecule has 0 aliphatic heterocycles. The molecule has 2 aromatic carbocycles. The van der Waals surface area contributed by atoms with E-state index in [-0.39, 0.29) is 24.1 Å². The van der Waals surface area contributed by atoms with E-state index in [9.17, 15) is 14.0 Å². The topological polar surface area (TPSA) is 69.0 Å². The van der Waals surface area contributed by atoms with Gasteiger partial charge < -0.3 is 9.30 Å². The molecule has 4 rings (SSSR count). The Kier molecular flexibility index (Phi) is 5.08. The van der Waals surface area contributed by atoms with Gasteiger partial charge in [-0.2, -0.15) is 0 Å². The van der Waals surface area contributed by atoms with Crippen molar-refractivity contribution >= 4 is 22.5 Å². The largest absolute Gasteiger partial charge is 0.383 e. The van der Waals surface area contributed by atoms with E-state index in [4.69, 9.17) is 16.3 Å². The summed E-state index contributed by atoms with van der Waals surface area (Å²) in [4.78, 5) is 26.1. The SMILES string of the molecule is COCCn1c(-c2cccc(F)c2)c2c(=O)n(-c3ccccc3Cl)[nH]c2cc1=O. The number of nitrogens with zero attached hydrogens (tertiary/aromatic N) is 2. The summed E-state index contributed by atoms with van der Waals surface area (Å²) in [7, 11) is 1.52. The quantitative estimate of drug-likeness (QED) is 0.543. The molecule has 0 spiro atoms. The summed E-state index contributed by atoms with van der Waals surface area (Å²) in [6.45, 7) is 0.477. The number of methoxy groups -OCH3 is 1. The highest BCUT2D eigenvalue weighted by atomic mass is 35.5. The van der Waals surface area contributed by atoms with Crippen LogP contribution in [0.3, 0.4) is 0 Å². The Morgan fingerprint density at radius 1 is 1.10 bits per heavy atom. The molecule has 0 saturated carbocycles. The molecule has 0 bridgehead atoms. The number of rotatable bonds is 5. The number of benzene rings is 2. The lowest BCUT2D eigenvalue weighted by molar-refractivity contribution is 0.187. The van der Waals surface area contributed by atoms with Crippen LogP contribution in [0.5, 0.6) is 0 Å². The Bertz CT molecular complexity index is 1320. The molecule has 0 saturated heterocycles. The van der Waals surface area contributed by atoms with Crippen LogP contribution >= 0.6 is 11.6 Å². The van der Waals surface area contributed by atoms with Gasteiger partial charge >= 0.3 is 0 Å². The van der Waals surface area contributed by atoms with Crippen LogP contribution in [0, 0.1) is 5.82 Å². The monoisotopic (exact) mass is 413 g/mol. The molecule has 4 aromatic rings. The van der Waals surface area contributed by atoms with Crippen molar-refractivity contribution in [1.29, 1.82) is 0 Å². The van der Waals surface area contributed by atoms with Crippen molar-refractivity contribution in [2.45, 2.75) is 6.54 Å². The summed E-state index contributed by atoms with van der Waals surface area (Å²) in [5.74, 6) is -0.466. The molecule has 0 fully saturated rings. The number of H-pyrrole nitrogens is 1.